The Kier molecular flexibility index (Phi) is 4.57. The van der Waals surface area contributed by atoms with Gasteiger partial charge in [0.2, 0.25) is 0 Å². The third-order valence-electron chi connectivity index (χ3n) is 3.34. The first-order chi connectivity index (χ1) is 10.9. The van der Waals surface area contributed by atoms with Gasteiger partial charge in [-0.05, 0) is 36.8 Å². The number of hydrogen-bond acceptors (Lipinski definition) is 5. The molecule has 2 N–H and O–H groups in total. The zero-order chi connectivity index (χ0) is 17.0. The van der Waals surface area contributed by atoms with Gasteiger partial charge in [-0.3, -0.25) is 10.1 Å². The molecule has 0 saturated heterocycles. The molecule has 1 atom stereocenters. The van der Waals surface area contributed by atoms with Gasteiger partial charge in [-0.1, -0.05) is 12.1 Å². The van der Waals surface area contributed by atoms with Gasteiger partial charge in [-0.15, -0.1) is 0 Å². The Bertz CT molecular complexity index is 794. The van der Waals surface area contributed by atoms with E-state index in [9.17, 15) is 20.0 Å². The van der Waals surface area contributed by atoms with Crippen molar-refractivity contribution >= 4 is 17.3 Å². The van der Waals surface area contributed by atoms with Crippen molar-refractivity contribution in [1.29, 1.82) is 5.26 Å². The molecule has 0 aliphatic rings. The Balaban J connectivity index is 2.35. The first-order valence-corrected chi connectivity index (χ1v) is 6.67. The van der Waals surface area contributed by atoms with Crippen molar-refractivity contribution in [1.82, 2.24) is 0 Å². The maximum Gasteiger partial charge on any atom is 0.330 e. The smallest absolute Gasteiger partial charge is 0.330 e. The molecule has 1 unspecified atom stereocenters. The molecule has 7 nitrogen and oxygen atoms in total. The van der Waals surface area contributed by atoms with E-state index in [4.69, 9.17) is 5.26 Å². The Hall–Kier alpha value is -3.40. The molecule has 0 aliphatic heterocycles. The number of carboxylic acids is 1. The van der Waals surface area contributed by atoms with Crippen LogP contribution in [0.15, 0.2) is 42.5 Å². The number of rotatable bonds is 5. The van der Waals surface area contributed by atoms with Crippen molar-refractivity contribution in [3.63, 3.8) is 0 Å². The monoisotopic (exact) mass is 311 g/mol. The van der Waals surface area contributed by atoms with E-state index < -0.39 is 16.9 Å². The molecule has 0 spiro atoms. The van der Waals surface area contributed by atoms with E-state index in [0.29, 0.717) is 16.8 Å². The normalized spacial score (nSPS) is 11.3. The quantitative estimate of drug-likeness (QED) is 0.647. The first kappa shape index (κ1) is 16.0. The molecular weight excluding hydrogens is 298 g/mol. The van der Waals surface area contributed by atoms with Crippen LogP contribution in [0.2, 0.25) is 0 Å². The van der Waals surface area contributed by atoms with Gasteiger partial charge in [0.1, 0.15) is 0 Å². The minimum absolute atomic E-state index is 0.129. The molecular formula is C16H13N3O4. The predicted octanol–water partition coefficient (Wildman–Crippen LogP) is 3.01. The topological polar surface area (TPSA) is 116 Å². The van der Waals surface area contributed by atoms with Crippen molar-refractivity contribution in [2.75, 3.05) is 5.32 Å². The fourth-order valence-corrected chi connectivity index (χ4v) is 2.10. The van der Waals surface area contributed by atoms with E-state index in [1.165, 1.54) is 18.2 Å². The van der Waals surface area contributed by atoms with Crippen LogP contribution < -0.4 is 5.32 Å². The molecule has 0 aliphatic carbocycles. The number of nitrogens with one attached hydrogen (secondary N) is 1. The second-order valence-corrected chi connectivity index (χ2v) is 4.91. The summed E-state index contributed by atoms with van der Waals surface area (Å²) in [6, 6.07) is 11.4. The highest BCUT2D eigenvalue weighted by molar-refractivity contribution is 5.79. The summed E-state index contributed by atoms with van der Waals surface area (Å²) in [4.78, 5) is 22.0. The van der Waals surface area contributed by atoms with Gasteiger partial charge in [0, 0.05) is 17.3 Å². The van der Waals surface area contributed by atoms with Crippen LogP contribution in [0.3, 0.4) is 0 Å². The number of hydrogen-bond donors (Lipinski definition) is 2. The van der Waals surface area contributed by atoms with Crippen molar-refractivity contribution in [3.8, 4) is 6.07 Å². The number of aryl methyl sites for hydroxylation is 1. The highest BCUT2D eigenvalue weighted by Gasteiger charge is 2.23. The number of benzene rings is 2. The molecule has 116 valence electrons. The fourth-order valence-electron chi connectivity index (χ4n) is 2.10. The van der Waals surface area contributed by atoms with Gasteiger partial charge in [-0.2, -0.15) is 5.26 Å². The third kappa shape index (κ3) is 3.63. The van der Waals surface area contributed by atoms with Crippen molar-refractivity contribution in [2.45, 2.75) is 13.0 Å². The number of aliphatic carboxylic acids is 1. The van der Waals surface area contributed by atoms with Crippen molar-refractivity contribution in [2.24, 2.45) is 0 Å². The molecule has 2 aromatic carbocycles. The van der Waals surface area contributed by atoms with Crippen LogP contribution in [0.1, 0.15) is 22.7 Å². The van der Waals surface area contributed by atoms with E-state index >= 15 is 0 Å². The van der Waals surface area contributed by atoms with E-state index in [0.717, 1.165) is 0 Å². The van der Waals surface area contributed by atoms with Crippen LogP contribution in [0.5, 0.6) is 0 Å². The average molecular weight is 311 g/mol. The van der Waals surface area contributed by atoms with Crippen LogP contribution in [0, 0.1) is 28.4 Å². The highest BCUT2D eigenvalue weighted by atomic mass is 16.6. The number of nitro benzene ring substituents is 1. The summed E-state index contributed by atoms with van der Waals surface area (Å²) < 4.78 is 0. The standard InChI is InChI=1S/C16H13N3O4/c1-10-2-5-12(8-14(10)19(22)23)15(16(20)21)18-13-6-3-11(9-17)4-7-13/h2-8,15,18H,1H3,(H,20,21). The number of nitriles is 1. The summed E-state index contributed by atoms with van der Waals surface area (Å²) in [7, 11) is 0. The molecule has 0 amide bonds. The predicted molar refractivity (Wildman–Crippen MR) is 83.0 cm³/mol. The lowest BCUT2D eigenvalue weighted by Crippen LogP contribution is -2.20. The molecule has 0 heterocycles. The van der Waals surface area contributed by atoms with Crippen LogP contribution in [-0.2, 0) is 4.79 Å². The molecule has 0 fully saturated rings. The average Bonchev–Trinajstić information content (AvgIpc) is 2.53. The molecule has 2 rings (SSSR count). The largest absolute Gasteiger partial charge is 0.479 e. The molecule has 2 aromatic rings. The number of carboxylic acid groups (broad SMARTS) is 1. The van der Waals surface area contributed by atoms with Gasteiger partial charge in [-0.25, -0.2) is 4.79 Å². The van der Waals surface area contributed by atoms with Gasteiger partial charge in [0.25, 0.3) is 5.69 Å². The molecule has 0 saturated carbocycles. The zero-order valence-electron chi connectivity index (χ0n) is 12.2. The fraction of sp³-hybridized carbons (Fsp3) is 0.125. The van der Waals surface area contributed by atoms with Crippen molar-refractivity contribution < 1.29 is 14.8 Å². The summed E-state index contributed by atoms with van der Waals surface area (Å²) >= 11 is 0. The third-order valence-corrected chi connectivity index (χ3v) is 3.34. The van der Waals surface area contributed by atoms with Gasteiger partial charge >= 0.3 is 5.97 Å². The van der Waals surface area contributed by atoms with Crippen molar-refractivity contribution in [3.05, 3.63) is 69.3 Å². The maximum atomic E-state index is 11.5. The van der Waals surface area contributed by atoms with Crippen LogP contribution in [0.25, 0.3) is 0 Å². The van der Waals surface area contributed by atoms with E-state index in [-0.39, 0.29) is 11.3 Å². The van der Waals surface area contributed by atoms with E-state index in [2.05, 4.69) is 5.32 Å². The van der Waals surface area contributed by atoms with E-state index in [1.54, 1.807) is 31.2 Å². The maximum absolute atomic E-state index is 11.5. The SMILES string of the molecule is Cc1ccc(C(Nc2ccc(C#N)cc2)C(=O)O)cc1[N+](=O)[O-]. The summed E-state index contributed by atoms with van der Waals surface area (Å²) in [6.45, 7) is 1.59. The van der Waals surface area contributed by atoms with Gasteiger partial charge in [0.15, 0.2) is 6.04 Å². The molecule has 0 aromatic heterocycles. The Morgan fingerprint density at radius 2 is 1.96 bits per heavy atom. The van der Waals surface area contributed by atoms with E-state index in [1.807, 2.05) is 6.07 Å². The second kappa shape index (κ2) is 6.58. The van der Waals surface area contributed by atoms with Crippen LogP contribution in [0.4, 0.5) is 11.4 Å². The highest BCUT2D eigenvalue weighted by Crippen LogP contribution is 2.26. The van der Waals surface area contributed by atoms with Crippen LogP contribution >= 0.6 is 0 Å². The zero-order valence-corrected chi connectivity index (χ0v) is 12.2. The Morgan fingerprint density at radius 1 is 1.30 bits per heavy atom. The summed E-state index contributed by atoms with van der Waals surface area (Å²) in [5.74, 6) is -1.16. The van der Waals surface area contributed by atoms with Gasteiger partial charge < -0.3 is 10.4 Å². The number of anilines is 1. The Labute approximate surface area is 131 Å². The Morgan fingerprint density at radius 3 is 2.48 bits per heavy atom. The molecule has 0 radical (unpaired) electrons. The lowest BCUT2D eigenvalue weighted by Gasteiger charge is -2.16. The molecule has 23 heavy (non-hydrogen) atoms. The number of nitro groups is 1. The van der Waals surface area contributed by atoms with Crippen LogP contribution in [-0.4, -0.2) is 16.0 Å². The van der Waals surface area contributed by atoms with Gasteiger partial charge in [0.05, 0.1) is 16.6 Å². The second-order valence-electron chi connectivity index (χ2n) is 4.91. The summed E-state index contributed by atoms with van der Waals surface area (Å²) in [6.07, 6.45) is 0. The lowest BCUT2D eigenvalue weighted by atomic mass is 10.0. The number of nitrogens with zero attached hydrogens (tertiary/aromatic N) is 2. The minimum Gasteiger partial charge on any atom is -0.479 e. The summed E-state index contributed by atoms with van der Waals surface area (Å²) in [5, 5.41) is 32.0. The summed E-state index contributed by atoms with van der Waals surface area (Å²) in [5.41, 5.74) is 1.56. The molecule has 7 heteroatoms. The lowest BCUT2D eigenvalue weighted by molar-refractivity contribution is -0.385. The molecule has 0 bridgehead atoms. The first-order valence-electron chi connectivity index (χ1n) is 6.67. The number of carbonyl (C=O) groups is 1. The minimum atomic E-state index is -1.16.